The normalized spacial score (nSPS) is 26.9. The van der Waals surface area contributed by atoms with Gasteiger partial charge in [-0.2, -0.15) is 0 Å². The molecule has 1 saturated heterocycles. The topological polar surface area (TPSA) is 42.0 Å². The minimum atomic E-state index is -0.965. The molecule has 1 aliphatic heterocycles. The van der Waals surface area contributed by atoms with Crippen molar-refractivity contribution in [3.8, 4) is 0 Å². The molecule has 0 aliphatic carbocycles. The van der Waals surface area contributed by atoms with Gasteiger partial charge in [0.1, 0.15) is 4.75 Å². The second-order valence-electron chi connectivity index (χ2n) is 4.83. The molecule has 5 heteroatoms. The van der Waals surface area contributed by atoms with Crippen LogP contribution in [0.25, 0.3) is 0 Å². The molecule has 2 heterocycles. The number of thiocarbonyl (C=S) groups is 1. The smallest absolute Gasteiger partial charge is 0.122 e. The first-order chi connectivity index (χ1) is 9.21. The number of nitrogens with one attached hydrogen (secondary N) is 1. The molecule has 19 heavy (non-hydrogen) atoms. The molecule has 1 N–H and O–H groups in total. The Bertz CT molecular complexity index is 464. The maximum absolute atomic E-state index is 12.7. The van der Waals surface area contributed by atoms with Crippen molar-refractivity contribution in [1.82, 2.24) is 10.3 Å². The van der Waals surface area contributed by atoms with Gasteiger partial charge in [-0.1, -0.05) is 31.6 Å². The average Bonchev–Trinajstić information content (AvgIpc) is 2.46. The average molecular weight is 296 g/mol. The first-order valence-corrected chi connectivity index (χ1v) is 8.52. The van der Waals surface area contributed by atoms with Crippen LogP contribution in [0.4, 0.5) is 0 Å². The van der Waals surface area contributed by atoms with E-state index in [0.717, 1.165) is 48.5 Å². The SMILES string of the molecule is CCCNC(=S)[C@]1(c2cccnc2)CCCCS1=O. The van der Waals surface area contributed by atoms with Crippen molar-refractivity contribution in [3.05, 3.63) is 30.1 Å². The number of pyridine rings is 1. The third kappa shape index (κ3) is 2.87. The van der Waals surface area contributed by atoms with Gasteiger partial charge in [0, 0.05) is 35.5 Å². The van der Waals surface area contributed by atoms with Gasteiger partial charge in [-0.25, -0.2) is 0 Å². The summed E-state index contributed by atoms with van der Waals surface area (Å²) in [6.45, 7) is 2.93. The Hall–Kier alpha value is -0.810. The van der Waals surface area contributed by atoms with E-state index >= 15 is 0 Å². The third-order valence-corrected chi connectivity index (χ3v) is 6.23. The summed E-state index contributed by atoms with van der Waals surface area (Å²) in [7, 11) is -0.965. The summed E-state index contributed by atoms with van der Waals surface area (Å²) in [5.41, 5.74) is 0.988. The quantitative estimate of drug-likeness (QED) is 0.867. The molecule has 0 radical (unpaired) electrons. The maximum atomic E-state index is 12.7. The zero-order valence-electron chi connectivity index (χ0n) is 11.2. The lowest BCUT2D eigenvalue weighted by Crippen LogP contribution is -2.49. The van der Waals surface area contributed by atoms with Crippen molar-refractivity contribution in [3.63, 3.8) is 0 Å². The van der Waals surface area contributed by atoms with Gasteiger partial charge >= 0.3 is 0 Å². The molecule has 1 aromatic rings. The van der Waals surface area contributed by atoms with E-state index in [9.17, 15) is 4.21 Å². The summed E-state index contributed by atoms with van der Waals surface area (Å²) in [5.74, 6) is 0.725. The lowest BCUT2D eigenvalue weighted by molar-refractivity contribution is 0.570. The lowest BCUT2D eigenvalue weighted by atomic mass is 9.92. The second-order valence-corrected chi connectivity index (χ2v) is 7.04. The second kappa shape index (κ2) is 6.57. The predicted molar refractivity (Wildman–Crippen MR) is 83.7 cm³/mol. The van der Waals surface area contributed by atoms with E-state index < -0.39 is 15.5 Å². The highest BCUT2D eigenvalue weighted by Crippen LogP contribution is 2.38. The molecule has 0 spiro atoms. The molecule has 104 valence electrons. The highest BCUT2D eigenvalue weighted by atomic mass is 32.2. The zero-order chi connectivity index (χ0) is 13.7. The van der Waals surface area contributed by atoms with Crippen LogP contribution in [-0.2, 0) is 15.5 Å². The van der Waals surface area contributed by atoms with Gasteiger partial charge in [-0.15, -0.1) is 0 Å². The molecule has 0 saturated carbocycles. The van der Waals surface area contributed by atoms with Crippen LogP contribution in [0.3, 0.4) is 0 Å². The van der Waals surface area contributed by atoms with Crippen LogP contribution in [0.1, 0.15) is 38.2 Å². The molecule has 1 unspecified atom stereocenters. The van der Waals surface area contributed by atoms with E-state index in [2.05, 4.69) is 17.2 Å². The standard InChI is InChI=1S/C14H20N2OS2/c1-2-8-16-13(18)14(7-3-4-10-19(14)17)12-6-5-9-15-11-12/h5-6,9,11H,2-4,7-8,10H2,1H3,(H,16,18)/t14-,19?/m1/s1. The summed E-state index contributed by atoms with van der Waals surface area (Å²) in [5, 5.41) is 3.28. The van der Waals surface area contributed by atoms with E-state index in [1.807, 2.05) is 18.3 Å². The van der Waals surface area contributed by atoms with Crippen LogP contribution >= 0.6 is 12.2 Å². The Morgan fingerprint density at radius 2 is 2.42 bits per heavy atom. The minimum Gasteiger partial charge on any atom is -0.378 e. The molecule has 0 bridgehead atoms. The van der Waals surface area contributed by atoms with Gasteiger partial charge in [0.15, 0.2) is 0 Å². The van der Waals surface area contributed by atoms with Crippen molar-refractivity contribution in [1.29, 1.82) is 0 Å². The van der Waals surface area contributed by atoms with Gasteiger partial charge in [0.05, 0.1) is 4.99 Å². The fraction of sp³-hybridized carbons (Fsp3) is 0.571. The Morgan fingerprint density at radius 3 is 3.05 bits per heavy atom. The van der Waals surface area contributed by atoms with Crippen molar-refractivity contribution in [2.45, 2.75) is 37.4 Å². The van der Waals surface area contributed by atoms with E-state index in [0.29, 0.717) is 0 Å². The molecule has 0 amide bonds. The van der Waals surface area contributed by atoms with Crippen LogP contribution in [-0.4, -0.2) is 26.5 Å². The van der Waals surface area contributed by atoms with E-state index in [1.54, 1.807) is 6.20 Å². The molecule has 3 nitrogen and oxygen atoms in total. The molecule has 0 aromatic carbocycles. The first-order valence-electron chi connectivity index (χ1n) is 6.79. The summed E-state index contributed by atoms with van der Waals surface area (Å²) in [6.07, 6.45) is 7.49. The lowest BCUT2D eigenvalue weighted by Gasteiger charge is -2.37. The van der Waals surface area contributed by atoms with Gasteiger partial charge in [-0.05, 0) is 30.9 Å². The van der Waals surface area contributed by atoms with Gasteiger partial charge in [0.25, 0.3) is 0 Å². The Kier molecular flexibility index (Phi) is 5.05. The summed E-state index contributed by atoms with van der Waals surface area (Å²) in [4.78, 5) is 4.90. The molecular formula is C14H20N2OS2. The predicted octanol–water partition coefficient (Wildman–Crippen LogP) is 2.54. The van der Waals surface area contributed by atoms with Gasteiger partial charge < -0.3 is 5.32 Å². The van der Waals surface area contributed by atoms with Gasteiger partial charge in [-0.3, -0.25) is 9.19 Å². The number of hydrogen-bond acceptors (Lipinski definition) is 3. The summed E-state index contributed by atoms with van der Waals surface area (Å²) in [6, 6.07) is 3.89. The molecule has 1 fully saturated rings. The van der Waals surface area contributed by atoms with E-state index in [1.165, 1.54) is 0 Å². The van der Waals surface area contributed by atoms with Crippen LogP contribution in [0, 0.1) is 0 Å². The highest BCUT2D eigenvalue weighted by molar-refractivity contribution is 7.90. The maximum Gasteiger partial charge on any atom is 0.122 e. The largest absolute Gasteiger partial charge is 0.378 e. The van der Waals surface area contributed by atoms with E-state index in [-0.39, 0.29) is 0 Å². The van der Waals surface area contributed by atoms with Crippen molar-refractivity contribution in [2.24, 2.45) is 0 Å². The number of aromatic nitrogens is 1. The number of rotatable bonds is 4. The Morgan fingerprint density at radius 1 is 1.58 bits per heavy atom. The fourth-order valence-electron chi connectivity index (χ4n) is 2.50. The molecule has 2 atom stereocenters. The van der Waals surface area contributed by atoms with Crippen molar-refractivity contribution < 1.29 is 4.21 Å². The Labute approximate surface area is 122 Å². The molecule has 1 aromatic heterocycles. The highest BCUT2D eigenvalue weighted by Gasteiger charge is 2.44. The molecular weight excluding hydrogens is 276 g/mol. The number of hydrogen-bond donors (Lipinski definition) is 1. The van der Waals surface area contributed by atoms with Crippen molar-refractivity contribution >= 4 is 28.0 Å². The number of nitrogens with zero attached hydrogens (tertiary/aromatic N) is 1. The van der Waals surface area contributed by atoms with Crippen LogP contribution < -0.4 is 5.32 Å². The van der Waals surface area contributed by atoms with Crippen molar-refractivity contribution in [2.75, 3.05) is 12.3 Å². The minimum absolute atomic E-state index is 0.531. The van der Waals surface area contributed by atoms with Crippen LogP contribution in [0.15, 0.2) is 24.5 Å². The zero-order valence-corrected chi connectivity index (χ0v) is 12.9. The van der Waals surface area contributed by atoms with Crippen LogP contribution in [0.5, 0.6) is 0 Å². The summed E-state index contributed by atoms with van der Waals surface area (Å²) < 4.78 is 12.1. The third-order valence-electron chi connectivity index (χ3n) is 3.53. The Balaban J connectivity index is 2.38. The summed E-state index contributed by atoms with van der Waals surface area (Å²) >= 11 is 5.58. The molecule has 1 aliphatic rings. The fourth-order valence-corrected chi connectivity index (χ4v) is 4.95. The van der Waals surface area contributed by atoms with Gasteiger partial charge in [0.2, 0.25) is 0 Å². The first kappa shape index (κ1) is 14.6. The monoisotopic (exact) mass is 296 g/mol. The molecule has 2 rings (SSSR count). The van der Waals surface area contributed by atoms with E-state index in [4.69, 9.17) is 12.2 Å². The van der Waals surface area contributed by atoms with Crippen LogP contribution in [0.2, 0.25) is 0 Å².